The normalized spacial score (nSPS) is 13.4. The van der Waals surface area contributed by atoms with E-state index in [4.69, 9.17) is 4.74 Å². The van der Waals surface area contributed by atoms with Crippen LogP contribution in [0, 0.1) is 0 Å². The van der Waals surface area contributed by atoms with Gasteiger partial charge in [0.15, 0.2) is 0 Å². The lowest BCUT2D eigenvalue weighted by Crippen LogP contribution is -2.40. The van der Waals surface area contributed by atoms with Crippen molar-refractivity contribution in [2.75, 3.05) is 24.0 Å². The number of halogens is 1. The highest BCUT2D eigenvalue weighted by molar-refractivity contribution is 9.10. The summed E-state index contributed by atoms with van der Waals surface area (Å²) < 4.78 is 34.5. The molecule has 1 aliphatic heterocycles. The van der Waals surface area contributed by atoms with Crippen molar-refractivity contribution < 1.29 is 22.7 Å². The molecule has 1 aliphatic rings. The molecule has 1 fully saturated rings. The van der Waals surface area contributed by atoms with Crippen molar-refractivity contribution in [3.8, 4) is 5.75 Å². The zero-order valence-corrected chi connectivity index (χ0v) is 23.5. The molecule has 0 saturated carbocycles. The summed E-state index contributed by atoms with van der Waals surface area (Å²) in [5, 5.41) is 2.86. The van der Waals surface area contributed by atoms with E-state index in [1.807, 2.05) is 36.1 Å². The predicted molar refractivity (Wildman–Crippen MR) is 149 cm³/mol. The van der Waals surface area contributed by atoms with Crippen LogP contribution in [0.25, 0.3) is 0 Å². The minimum atomic E-state index is -4.04. The largest absolute Gasteiger partial charge is 0.494 e. The van der Waals surface area contributed by atoms with E-state index >= 15 is 0 Å². The Labute approximate surface area is 231 Å². The van der Waals surface area contributed by atoms with Gasteiger partial charge in [-0.3, -0.25) is 13.9 Å². The van der Waals surface area contributed by atoms with Crippen LogP contribution in [0.5, 0.6) is 5.75 Å². The Morgan fingerprint density at radius 1 is 1.03 bits per heavy atom. The van der Waals surface area contributed by atoms with Gasteiger partial charge in [0.05, 0.1) is 17.2 Å². The molecule has 0 bridgehead atoms. The molecule has 0 spiro atoms. The van der Waals surface area contributed by atoms with Gasteiger partial charge in [-0.05, 0) is 73.0 Å². The van der Waals surface area contributed by atoms with Gasteiger partial charge >= 0.3 is 0 Å². The third-order valence-electron chi connectivity index (χ3n) is 6.25. The van der Waals surface area contributed by atoms with Gasteiger partial charge in [-0.15, -0.1) is 0 Å². The number of likely N-dealkylation sites (tertiary alicyclic amines) is 1. The number of hydrogen-bond acceptors (Lipinski definition) is 5. The van der Waals surface area contributed by atoms with Crippen molar-refractivity contribution in [3.63, 3.8) is 0 Å². The highest BCUT2D eigenvalue weighted by Gasteiger charge is 2.27. The number of rotatable bonds is 11. The fourth-order valence-electron chi connectivity index (χ4n) is 4.27. The molecule has 0 aliphatic carbocycles. The predicted octanol–water partition coefficient (Wildman–Crippen LogP) is 4.48. The van der Waals surface area contributed by atoms with E-state index < -0.39 is 22.5 Å². The maximum absolute atomic E-state index is 13.6. The Balaban J connectivity index is 1.52. The van der Waals surface area contributed by atoms with Gasteiger partial charge in [0.1, 0.15) is 12.3 Å². The van der Waals surface area contributed by atoms with Crippen LogP contribution in [-0.2, 0) is 32.7 Å². The minimum absolute atomic E-state index is 0.0722. The van der Waals surface area contributed by atoms with E-state index in [-0.39, 0.29) is 17.3 Å². The SMILES string of the molecule is CCOc1ccc(N(CC(=O)NCc2ccccc2CN2CCCC2=O)S(=O)(=O)c2ccc(Br)cc2)cc1. The van der Waals surface area contributed by atoms with E-state index in [1.54, 1.807) is 36.4 Å². The van der Waals surface area contributed by atoms with Crippen LogP contribution in [0.4, 0.5) is 5.69 Å². The second kappa shape index (κ2) is 12.4. The molecule has 2 amide bonds. The smallest absolute Gasteiger partial charge is 0.264 e. The molecule has 1 heterocycles. The molecule has 10 heteroatoms. The number of sulfonamides is 1. The second-order valence-electron chi connectivity index (χ2n) is 8.86. The summed E-state index contributed by atoms with van der Waals surface area (Å²) in [4.78, 5) is 27.1. The maximum Gasteiger partial charge on any atom is 0.264 e. The van der Waals surface area contributed by atoms with Gasteiger partial charge < -0.3 is 15.0 Å². The molecule has 0 atom stereocenters. The molecule has 3 aromatic rings. The fourth-order valence-corrected chi connectivity index (χ4v) is 5.95. The molecular weight excluding hydrogens is 570 g/mol. The van der Waals surface area contributed by atoms with E-state index in [2.05, 4.69) is 21.2 Å². The first-order valence-corrected chi connectivity index (χ1v) is 14.6. The van der Waals surface area contributed by atoms with E-state index in [0.717, 1.165) is 32.9 Å². The quantitative estimate of drug-likeness (QED) is 0.350. The standard InChI is InChI=1S/C28H30BrN3O5S/c1-2-37-25-13-11-24(12-14-25)32(38(35,36)26-15-9-23(29)10-16-26)20-27(33)30-18-21-6-3-4-7-22(21)19-31-17-5-8-28(31)34/h3-4,6-7,9-16H,2,5,8,17-20H2,1H3,(H,30,33). The zero-order chi connectivity index (χ0) is 27.1. The number of carbonyl (C=O) groups is 2. The van der Waals surface area contributed by atoms with Gasteiger partial charge in [-0.1, -0.05) is 40.2 Å². The van der Waals surface area contributed by atoms with Gasteiger partial charge in [0.2, 0.25) is 11.8 Å². The Morgan fingerprint density at radius 3 is 2.34 bits per heavy atom. The van der Waals surface area contributed by atoms with E-state index in [1.165, 1.54) is 12.1 Å². The zero-order valence-electron chi connectivity index (χ0n) is 21.1. The molecule has 1 saturated heterocycles. The monoisotopic (exact) mass is 599 g/mol. The molecule has 0 unspecified atom stereocenters. The Morgan fingerprint density at radius 2 is 1.71 bits per heavy atom. The number of anilines is 1. The molecule has 0 radical (unpaired) electrons. The van der Waals surface area contributed by atoms with Crippen molar-refractivity contribution >= 4 is 43.5 Å². The molecule has 200 valence electrons. The van der Waals surface area contributed by atoms with Crippen molar-refractivity contribution in [2.45, 2.75) is 37.8 Å². The Bertz CT molecular complexity index is 1380. The average molecular weight is 601 g/mol. The highest BCUT2D eigenvalue weighted by atomic mass is 79.9. The number of amides is 2. The second-order valence-corrected chi connectivity index (χ2v) is 11.6. The summed E-state index contributed by atoms with van der Waals surface area (Å²) in [5.41, 5.74) is 2.18. The maximum atomic E-state index is 13.6. The minimum Gasteiger partial charge on any atom is -0.494 e. The summed E-state index contributed by atoms with van der Waals surface area (Å²) in [5.74, 6) is 0.286. The highest BCUT2D eigenvalue weighted by Crippen LogP contribution is 2.27. The van der Waals surface area contributed by atoms with Crippen molar-refractivity contribution in [3.05, 3.63) is 88.4 Å². The van der Waals surface area contributed by atoms with Gasteiger partial charge in [-0.25, -0.2) is 8.42 Å². The molecular formula is C28H30BrN3O5S. The number of carbonyl (C=O) groups excluding carboxylic acids is 2. The van der Waals surface area contributed by atoms with Crippen molar-refractivity contribution in [1.29, 1.82) is 0 Å². The molecule has 4 rings (SSSR count). The summed E-state index contributed by atoms with van der Waals surface area (Å²) >= 11 is 3.33. The third-order valence-corrected chi connectivity index (χ3v) is 8.57. The summed E-state index contributed by atoms with van der Waals surface area (Å²) in [6.07, 6.45) is 1.42. The van der Waals surface area contributed by atoms with Gasteiger partial charge in [0, 0.05) is 30.5 Å². The molecule has 38 heavy (non-hydrogen) atoms. The first-order valence-electron chi connectivity index (χ1n) is 12.4. The molecule has 0 aromatic heterocycles. The fraction of sp³-hybridized carbons (Fsp3) is 0.286. The van der Waals surface area contributed by atoms with Crippen LogP contribution in [-0.4, -0.2) is 44.8 Å². The summed E-state index contributed by atoms with van der Waals surface area (Å²) in [7, 11) is -4.04. The van der Waals surface area contributed by atoms with Crippen LogP contribution in [0.1, 0.15) is 30.9 Å². The van der Waals surface area contributed by atoms with Crippen LogP contribution >= 0.6 is 15.9 Å². The van der Waals surface area contributed by atoms with Crippen LogP contribution in [0.2, 0.25) is 0 Å². The number of hydrogen-bond donors (Lipinski definition) is 1. The first-order chi connectivity index (χ1) is 18.3. The summed E-state index contributed by atoms with van der Waals surface area (Å²) in [6.45, 7) is 3.37. The van der Waals surface area contributed by atoms with Crippen LogP contribution in [0.15, 0.2) is 82.2 Å². The van der Waals surface area contributed by atoms with Crippen molar-refractivity contribution in [1.82, 2.24) is 10.2 Å². The Kier molecular flexibility index (Phi) is 9.06. The molecule has 3 aromatic carbocycles. The lowest BCUT2D eigenvalue weighted by molar-refractivity contribution is -0.128. The van der Waals surface area contributed by atoms with E-state index in [0.29, 0.717) is 31.0 Å². The van der Waals surface area contributed by atoms with E-state index in [9.17, 15) is 18.0 Å². The average Bonchev–Trinajstić information content (AvgIpc) is 3.31. The Hall–Kier alpha value is -3.37. The van der Waals surface area contributed by atoms with Crippen LogP contribution < -0.4 is 14.4 Å². The number of ether oxygens (including phenoxy) is 1. The molecule has 8 nitrogen and oxygen atoms in total. The van der Waals surface area contributed by atoms with Crippen LogP contribution in [0.3, 0.4) is 0 Å². The molecule has 1 N–H and O–H groups in total. The number of nitrogens with zero attached hydrogens (tertiary/aromatic N) is 2. The van der Waals surface area contributed by atoms with Gasteiger partial charge in [0.25, 0.3) is 10.0 Å². The van der Waals surface area contributed by atoms with Crippen molar-refractivity contribution in [2.24, 2.45) is 0 Å². The lowest BCUT2D eigenvalue weighted by atomic mass is 10.1. The van der Waals surface area contributed by atoms with Gasteiger partial charge in [-0.2, -0.15) is 0 Å². The first kappa shape index (κ1) is 27.7. The third kappa shape index (κ3) is 6.73. The summed E-state index contributed by atoms with van der Waals surface area (Å²) in [6, 6.07) is 20.5. The number of nitrogens with one attached hydrogen (secondary N) is 1. The lowest BCUT2D eigenvalue weighted by Gasteiger charge is -2.24. The topological polar surface area (TPSA) is 96.0 Å². The number of benzene rings is 3.